The highest BCUT2D eigenvalue weighted by Gasteiger charge is 2.38. The van der Waals surface area contributed by atoms with Gasteiger partial charge in [-0.25, -0.2) is 14.8 Å². The molecule has 0 spiro atoms. The van der Waals surface area contributed by atoms with Gasteiger partial charge < -0.3 is 27.3 Å². The Labute approximate surface area is 490 Å². The summed E-state index contributed by atoms with van der Waals surface area (Å²) in [6.07, 6.45) is 0. The van der Waals surface area contributed by atoms with Crippen molar-refractivity contribution in [2.24, 2.45) is 11.8 Å². The van der Waals surface area contributed by atoms with Gasteiger partial charge >= 0.3 is 13.7 Å². The van der Waals surface area contributed by atoms with E-state index in [0.29, 0.717) is 79.8 Å². The van der Waals surface area contributed by atoms with E-state index in [1.165, 1.54) is 0 Å². The summed E-state index contributed by atoms with van der Waals surface area (Å²) in [5, 5.41) is 14.8. The van der Waals surface area contributed by atoms with Gasteiger partial charge in [-0.05, 0) is 110 Å². The second kappa shape index (κ2) is 23.1. The minimum absolute atomic E-state index is 0.148. The van der Waals surface area contributed by atoms with Crippen LogP contribution in [0.5, 0.6) is 11.5 Å². The fraction of sp³-hybridized carbons (Fsp3) is 0.167. The fourth-order valence-corrected chi connectivity index (χ4v) is 11.5. The summed E-state index contributed by atoms with van der Waals surface area (Å²) in [6, 6.07) is 68.7. The predicted octanol–water partition coefficient (Wildman–Crippen LogP) is 12.5. The molecule has 0 aliphatic carbocycles. The Hall–Kier alpha value is -10.0. The Bertz CT molecular complexity index is 4190. The molecular weight excluding hydrogens is 1030 g/mol. The van der Waals surface area contributed by atoms with Crippen LogP contribution in [-0.4, -0.2) is 45.8 Å². The predicted molar refractivity (Wildman–Crippen MR) is 342 cm³/mol. The molecule has 4 heterocycles. The van der Waals surface area contributed by atoms with Crippen LogP contribution in [0.25, 0.3) is 71.6 Å². The average Bonchev–Trinajstić information content (AvgIpc) is 1.56. The maximum atomic E-state index is 12.4. The zero-order chi connectivity index (χ0) is 58.2. The summed E-state index contributed by atoms with van der Waals surface area (Å²) in [6.45, 7) is 26.2. The molecule has 4 aromatic heterocycles. The molecule has 0 amide bonds. The Morgan fingerprint density at radius 1 is 0.512 bits per heavy atom. The quantitative estimate of drug-likeness (QED) is 0.0700. The van der Waals surface area contributed by atoms with Crippen molar-refractivity contribution in [2.75, 3.05) is 13.2 Å². The molecule has 0 saturated carbocycles. The number of ether oxygens (including phenoxy) is 2. The number of benzene rings is 8. The minimum Gasteiger partial charge on any atom is -0.493 e. The molecule has 12 rings (SSSR count). The van der Waals surface area contributed by atoms with Gasteiger partial charge in [0.15, 0.2) is 11.2 Å². The number of fused-ring (bicyclic) bond motifs is 3. The lowest BCUT2D eigenvalue weighted by atomic mass is 9.50. The summed E-state index contributed by atoms with van der Waals surface area (Å²) < 4.78 is 31.7. The van der Waals surface area contributed by atoms with Crippen molar-refractivity contribution in [3.05, 3.63) is 250 Å². The van der Waals surface area contributed by atoms with Crippen molar-refractivity contribution in [1.29, 1.82) is 5.26 Å². The van der Waals surface area contributed by atoms with Crippen molar-refractivity contribution in [2.45, 2.75) is 55.4 Å². The van der Waals surface area contributed by atoms with E-state index in [4.69, 9.17) is 28.3 Å². The van der Waals surface area contributed by atoms with Gasteiger partial charge in [-0.15, -0.1) is 0 Å². The van der Waals surface area contributed by atoms with Crippen molar-refractivity contribution in [3.63, 3.8) is 0 Å². The van der Waals surface area contributed by atoms with Crippen LogP contribution in [0.1, 0.15) is 61.7 Å². The smallest absolute Gasteiger partial charge is 0.328 e. The standard InChI is InChI=1S/C72H62B2N6O4/c1-45(2)43-81-57-34-22-24-51(40-57)67-64-65(70(66(76-9)72-78-61-37-48(6)50(8)39-63(61)84-72)80(67)74(55-30-18-12-19-31-55)56-32-20-13-21-33-56)68(52-25-23-35-58(41-52)82-44-46(3)4)79(73(53-26-14-10-15-27-53)54-28-16-11-17-29-54)69(64)59(42-75)71-77-60-36-47(5)49(7)38-62(60)83-71/h10-41,45-46H,43-44H2,1-8H3/b69-59-,70-66+. The monoisotopic (exact) mass is 1100 g/mol. The number of hydrogen-bond donors (Lipinski definition) is 0. The van der Waals surface area contributed by atoms with E-state index < -0.39 is 13.7 Å². The Kier molecular flexibility index (Phi) is 15.0. The third-order valence-electron chi connectivity index (χ3n) is 15.6. The summed E-state index contributed by atoms with van der Waals surface area (Å²) in [7, 11) is 0. The summed E-state index contributed by atoms with van der Waals surface area (Å²) in [5.41, 5.74) is 13.6. The van der Waals surface area contributed by atoms with Crippen molar-refractivity contribution >= 4 is 79.8 Å². The molecular formula is C72H62B2N6O4. The largest absolute Gasteiger partial charge is 0.493 e. The highest BCUT2D eigenvalue weighted by atomic mass is 16.5. The number of oxazole rings is 2. The molecule has 0 N–H and O–H groups in total. The Morgan fingerprint density at radius 2 is 0.893 bits per heavy atom. The number of aromatic nitrogens is 4. The highest BCUT2D eigenvalue weighted by Crippen LogP contribution is 2.39. The summed E-state index contributed by atoms with van der Waals surface area (Å²) >= 11 is 0. The van der Waals surface area contributed by atoms with Crippen molar-refractivity contribution in [3.8, 4) is 40.1 Å². The van der Waals surface area contributed by atoms with Gasteiger partial charge in [0, 0.05) is 33.3 Å². The number of nitriles is 1. The topological polar surface area (TPSA) is 109 Å². The third-order valence-corrected chi connectivity index (χ3v) is 15.6. The van der Waals surface area contributed by atoms with Gasteiger partial charge in [-0.3, -0.25) is 0 Å². The Balaban J connectivity index is 1.44. The molecule has 0 aliphatic rings. The second-order valence-corrected chi connectivity index (χ2v) is 22.6. The van der Waals surface area contributed by atoms with Crippen LogP contribution >= 0.6 is 0 Å². The lowest BCUT2D eigenvalue weighted by Gasteiger charge is -2.24. The number of hydrogen-bond acceptors (Lipinski definition) is 7. The first-order valence-corrected chi connectivity index (χ1v) is 28.7. The molecule has 0 saturated heterocycles. The molecule has 8 aromatic carbocycles. The lowest BCUT2D eigenvalue weighted by Crippen LogP contribution is -2.54. The summed E-state index contributed by atoms with van der Waals surface area (Å²) in [5.74, 6) is 2.10. The number of rotatable bonds is 16. The van der Waals surface area contributed by atoms with Gasteiger partial charge in [0.1, 0.15) is 34.2 Å². The van der Waals surface area contributed by atoms with Gasteiger partial charge in [0.2, 0.25) is 11.8 Å². The maximum Gasteiger partial charge on any atom is 0.328 e. The average molecular weight is 1100 g/mol. The van der Waals surface area contributed by atoms with E-state index in [-0.39, 0.29) is 34.9 Å². The normalized spacial score (nSPS) is 12.2. The number of nitrogens with zero attached hydrogens (tertiary/aromatic N) is 6. The zero-order valence-electron chi connectivity index (χ0n) is 48.5. The van der Waals surface area contributed by atoms with E-state index in [1.54, 1.807) is 0 Å². The number of aryl methyl sites for hydroxylation is 4. The Morgan fingerprint density at radius 3 is 1.30 bits per heavy atom. The van der Waals surface area contributed by atoms with Crippen molar-refractivity contribution in [1.82, 2.24) is 18.9 Å². The molecule has 12 aromatic rings. The van der Waals surface area contributed by atoms with Gasteiger partial charge in [-0.1, -0.05) is 195 Å². The lowest BCUT2D eigenvalue weighted by molar-refractivity contribution is 0.271. The van der Waals surface area contributed by atoms with Crippen LogP contribution in [0.4, 0.5) is 0 Å². The van der Waals surface area contributed by atoms with E-state index in [2.05, 4.69) is 165 Å². The van der Waals surface area contributed by atoms with Crippen LogP contribution in [0.2, 0.25) is 0 Å². The molecule has 10 nitrogen and oxygen atoms in total. The highest BCUT2D eigenvalue weighted by molar-refractivity contribution is 6.85. The van der Waals surface area contributed by atoms with Crippen LogP contribution < -0.4 is 42.0 Å². The maximum absolute atomic E-state index is 12.4. The first-order chi connectivity index (χ1) is 40.9. The van der Waals surface area contributed by atoms with Crippen LogP contribution in [-0.2, 0) is 0 Å². The summed E-state index contributed by atoms with van der Waals surface area (Å²) in [4.78, 5) is 15.1. The molecule has 12 heteroatoms. The molecule has 0 radical (unpaired) electrons. The molecule has 0 fully saturated rings. The van der Waals surface area contributed by atoms with E-state index in [1.807, 2.05) is 104 Å². The van der Waals surface area contributed by atoms with Crippen LogP contribution in [0, 0.1) is 57.4 Å². The minimum atomic E-state index is -0.608. The van der Waals surface area contributed by atoms with Gasteiger partial charge in [0.25, 0.3) is 5.70 Å². The van der Waals surface area contributed by atoms with E-state index in [9.17, 15) is 11.8 Å². The first-order valence-electron chi connectivity index (χ1n) is 28.7. The zero-order valence-corrected chi connectivity index (χ0v) is 48.5. The van der Waals surface area contributed by atoms with Gasteiger partial charge in [-0.2, -0.15) is 5.26 Å². The fourth-order valence-electron chi connectivity index (χ4n) is 11.5. The molecule has 0 aliphatic heterocycles. The van der Waals surface area contributed by atoms with E-state index in [0.717, 1.165) is 55.2 Å². The third kappa shape index (κ3) is 10.3. The molecule has 0 atom stereocenters. The van der Waals surface area contributed by atoms with Crippen LogP contribution in [0.3, 0.4) is 0 Å². The van der Waals surface area contributed by atoms with Gasteiger partial charge in [0.05, 0.1) is 30.5 Å². The van der Waals surface area contributed by atoms with Crippen LogP contribution in [0.15, 0.2) is 203 Å². The first kappa shape index (κ1) is 54.6. The second-order valence-electron chi connectivity index (χ2n) is 22.6. The molecule has 84 heavy (non-hydrogen) atoms. The molecule has 0 unspecified atom stereocenters. The van der Waals surface area contributed by atoms with E-state index >= 15 is 0 Å². The van der Waals surface area contributed by atoms with Crippen molar-refractivity contribution < 1.29 is 18.3 Å². The molecule has 410 valence electrons. The SMILES string of the molecule is [C-]#[N+]/C(c1nc2cc(C)c(C)cc2o1)=c1\c2c(-c3cccc(OCC(C)C)c3)n(B(c3ccccc3)c3ccccc3)/c(=C(/C#N)c3nc4cc(C)c(C)cc4o3)c2c(-c2cccc(OCC(C)C)c2)n1B(c1ccccc1)c1ccccc1. The molecule has 0 bridgehead atoms.